The molecule has 0 saturated heterocycles. The number of nitrogens with zero attached hydrogens (tertiary/aromatic N) is 3. The van der Waals surface area contributed by atoms with Crippen LogP contribution >= 0.6 is 0 Å². The van der Waals surface area contributed by atoms with E-state index in [2.05, 4.69) is 296 Å². The highest BCUT2D eigenvalue weighted by atomic mass is 28.3. The number of fused-ring (bicyclic) bond motifs is 4. The molecule has 0 atom stereocenters. The first-order chi connectivity index (χ1) is 33.9. The first-order valence-electron chi connectivity index (χ1n) is 24.1. The SMILES string of the molecule is CC(C)(C)c1ccc(N2c3cc(N(c4ccccc4)c4ccccc4)ccc3B3c4ccccc4N(c4ccccc4)c4cc([Si](c5ccccc5)(c5ccccc5)c5ccccc5)cc2c43)cc1. The van der Waals surface area contributed by atoms with Crippen LogP contribution in [0.2, 0.25) is 0 Å². The summed E-state index contributed by atoms with van der Waals surface area (Å²) in [5, 5.41) is 5.35. The second kappa shape index (κ2) is 17.2. The van der Waals surface area contributed by atoms with E-state index < -0.39 is 8.07 Å². The fourth-order valence-corrected chi connectivity index (χ4v) is 16.0. The Morgan fingerprint density at radius 2 is 0.768 bits per heavy atom. The van der Waals surface area contributed by atoms with Gasteiger partial charge >= 0.3 is 0 Å². The molecular formula is C64H52BN3Si. The number of benzene rings is 10. The minimum absolute atomic E-state index is 0.00625. The lowest BCUT2D eigenvalue weighted by Crippen LogP contribution is -2.75. The predicted molar refractivity (Wildman–Crippen MR) is 297 cm³/mol. The molecule has 0 saturated carbocycles. The molecule has 0 radical (unpaired) electrons. The van der Waals surface area contributed by atoms with Crippen LogP contribution in [-0.4, -0.2) is 14.8 Å². The maximum atomic E-state index is 2.60. The number of anilines is 9. The van der Waals surface area contributed by atoms with E-state index in [0.29, 0.717) is 0 Å². The normalized spacial score (nSPS) is 12.8. The van der Waals surface area contributed by atoms with Gasteiger partial charge in [0.15, 0.2) is 8.07 Å². The summed E-state index contributed by atoms with van der Waals surface area (Å²) in [5.74, 6) is 0. The average molecular weight is 902 g/mol. The Morgan fingerprint density at radius 1 is 0.348 bits per heavy atom. The van der Waals surface area contributed by atoms with Gasteiger partial charge in [-0.3, -0.25) is 0 Å². The molecule has 0 unspecified atom stereocenters. The van der Waals surface area contributed by atoms with Gasteiger partial charge in [0.1, 0.15) is 0 Å². The Balaban J connectivity index is 1.23. The summed E-state index contributed by atoms with van der Waals surface area (Å²) in [4.78, 5) is 7.53. The molecule has 0 aromatic heterocycles. The number of hydrogen-bond donors (Lipinski definition) is 0. The zero-order valence-corrected chi connectivity index (χ0v) is 40.2. The summed E-state index contributed by atoms with van der Waals surface area (Å²) in [6.45, 7) is 6.85. The smallest absolute Gasteiger partial charge is 0.252 e. The van der Waals surface area contributed by atoms with Crippen molar-refractivity contribution in [2.45, 2.75) is 26.2 Å². The van der Waals surface area contributed by atoms with Crippen LogP contribution < -0.4 is 51.8 Å². The molecule has 0 fully saturated rings. The van der Waals surface area contributed by atoms with Gasteiger partial charge in [-0.2, -0.15) is 0 Å². The average Bonchev–Trinajstić information content (AvgIpc) is 3.40. The Hall–Kier alpha value is -8.12. The van der Waals surface area contributed by atoms with Crippen molar-refractivity contribution in [3.05, 3.63) is 266 Å². The molecule has 10 aromatic carbocycles. The fraction of sp³-hybridized carbons (Fsp3) is 0.0625. The molecule has 2 aliphatic heterocycles. The van der Waals surface area contributed by atoms with Gasteiger partial charge in [-0.15, -0.1) is 0 Å². The van der Waals surface area contributed by atoms with E-state index in [0.717, 1.165) is 28.4 Å². The summed E-state index contributed by atoms with van der Waals surface area (Å²) in [5.41, 5.74) is 15.5. The maximum absolute atomic E-state index is 3.06. The largest absolute Gasteiger partial charge is 0.311 e. The van der Waals surface area contributed by atoms with Crippen LogP contribution in [-0.2, 0) is 5.41 Å². The van der Waals surface area contributed by atoms with E-state index in [4.69, 9.17) is 0 Å². The molecule has 69 heavy (non-hydrogen) atoms. The topological polar surface area (TPSA) is 9.72 Å². The van der Waals surface area contributed by atoms with Crippen LogP contribution in [0, 0.1) is 0 Å². The van der Waals surface area contributed by atoms with E-state index in [1.807, 2.05) is 0 Å². The van der Waals surface area contributed by atoms with Gasteiger partial charge in [0.2, 0.25) is 0 Å². The molecule has 2 aliphatic rings. The number of rotatable bonds is 9. The quantitative estimate of drug-likeness (QED) is 0.106. The zero-order chi connectivity index (χ0) is 46.5. The molecule has 0 aliphatic carbocycles. The van der Waals surface area contributed by atoms with Crippen molar-refractivity contribution >= 4 is 103 Å². The van der Waals surface area contributed by atoms with Gasteiger partial charge in [-0.05, 0) is 127 Å². The van der Waals surface area contributed by atoms with Crippen molar-refractivity contribution < 1.29 is 0 Å². The summed E-state index contributed by atoms with van der Waals surface area (Å²) in [6.07, 6.45) is 0. The lowest BCUT2D eigenvalue weighted by atomic mass is 9.33. The highest BCUT2D eigenvalue weighted by Crippen LogP contribution is 2.46. The van der Waals surface area contributed by atoms with Crippen molar-refractivity contribution in [3.63, 3.8) is 0 Å². The fourth-order valence-electron chi connectivity index (χ4n) is 11.2. The lowest BCUT2D eigenvalue weighted by Gasteiger charge is -2.46. The number of para-hydroxylation sites is 4. The summed E-state index contributed by atoms with van der Waals surface area (Å²) >= 11 is 0. The second-order valence-corrected chi connectivity index (χ2v) is 23.1. The Bertz CT molecular complexity index is 3280. The van der Waals surface area contributed by atoms with E-state index in [1.165, 1.54) is 65.4 Å². The molecule has 0 bridgehead atoms. The number of hydrogen-bond acceptors (Lipinski definition) is 3. The van der Waals surface area contributed by atoms with Gasteiger partial charge in [-0.1, -0.05) is 203 Å². The van der Waals surface area contributed by atoms with Crippen molar-refractivity contribution in [1.29, 1.82) is 0 Å². The van der Waals surface area contributed by atoms with E-state index in [1.54, 1.807) is 0 Å². The van der Waals surface area contributed by atoms with Crippen molar-refractivity contribution in [2.75, 3.05) is 14.7 Å². The van der Waals surface area contributed by atoms with Crippen LogP contribution in [0.4, 0.5) is 51.2 Å². The molecule has 5 heteroatoms. The molecule has 330 valence electrons. The van der Waals surface area contributed by atoms with Crippen LogP contribution in [0.5, 0.6) is 0 Å². The minimum atomic E-state index is -3.06. The monoisotopic (exact) mass is 901 g/mol. The third kappa shape index (κ3) is 7.12. The van der Waals surface area contributed by atoms with Crippen LogP contribution in [0.3, 0.4) is 0 Å². The van der Waals surface area contributed by atoms with E-state index in [-0.39, 0.29) is 12.1 Å². The van der Waals surface area contributed by atoms with E-state index in [9.17, 15) is 0 Å². The second-order valence-electron chi connectivity index (χ2n) is 19.3. The first kappa shape index (κ1) is 42.3. The standard InChI is InChI=1S/C64H52BN3Si/c1-64(2,3)47-38-40-51(41-39-47)68-60-44-52(66(48-24-10-4-11-25-48)49-26-12-5-13-27-49)42-43-58(60)65-57-36-22-23-37-59(57)67(50-28-14-6-15-29-50)61-45-56(46-62(68)63(61)65)69(53-30-16-7-17-31-53,54-32-18-8-19-33-54)55-34-20-9-21-35-55/h4-46H,1-3H3. The van der Waals surface area contributed by atoms with Gasteiger partial charge in [0.05, 0.1) is 0 Å². The summed E-state index contributed by atoms with van der Waals surface area (Å²) in [6, 6.07) is 97.4. The van der Waals surface area contributed by atoms with Crippen molar-refractivity contribution in [3.8, 4) is 0 Å². The van der Waals surface area contributed by atoms with E-state index >= 15 is 0 Å². The Labute approximate surface area is 408 Å². The summed E-state index contributed by atoms with van der Waals surface area (Å²) < 4.78 is 0. The van der Waals surface area contributed by atoms with Gasteiger partial charge in [-0.25, -0.2) is 0 Å². The predicted octanol–water partition coefficient (Wildman–Crippen LogP) is 11.9. The van der Waals surface area contributed by atoms with Gasteiger partial charge in [0, 0.05) is 51.2 Å². The lowest BCUT2D eigenvalue weighted by molar-refractivity contribution is 0.590. The van der Waals surface area contributed by atoms with Crippen LogP contribution in [0.15, 0.2) is 261 Å². The highest BCUT2D eigenvalue weighted by molar-refractivity contribution is 7.20. The highest BCUT2D eigenvalue weighted by Gasteiger charge is 2.48. The Morgan fingerprint density at radius 3 is 1.28 bits per heavy atom. The van der Waals surface area contributed by atoms with Crippen molar-refractivity contribution in [2.24, 2.45) is 0 Å². The molecule has 0 spiro atoms. The molecular weight excluding hydrogens is 850 g/mol. The summed E-state index contributed by atoms with van der Waals surface area (Å²) in [7, 11) is -3.06. The van der Waals surface area contributed by atoms with Crippen LogP contribution in [0.25, 0.3) is 0 Å². The minimum Gasteiger partial charge on any atom is -0.311 e. The maximum Gasteiger partial charge on any atom is 0.252 e. The van der Waals surface area contributed by atoms with Gasteiger partial charge < -0.3 is 14.7 Å². The third-order valence-corrected chi connectivity index (χ3v) is 19.1. The molecule has 2 heterocycles. The third-order valence-electron chi connectivity index (χ3n) is 14.3. The van der Waals surface area contributed by atoms with Crippen LogP contribution in [0.1, 0.15) is 26.3 Å². The van der Waals surface area contributed by atoms with Gasteiger partial charge in [0.25, 0.3) is 6.71 Å². The van der Waals surface area contributed by atoms with Crippen molar-refractivity contribution in [1.82, 2.24) is 0 Å². The molecule has 3 nitrogen and oxygen atoms in total. The molecule has 12 rings (SSSR count). The molecule has 0 N–H and O–H groups in total. The first-order valence-corrected chi connectivity index (χ1v) is 26.1. The zero-order valence-electron chi connectivity index (χ0n) is 39.2. The molecule has 10 aromatic rings. The Kier molecular flexibility index (Phi) is 10.5. The molecule has 0 amide bonds.